The van der Waals surface area contributed by atoms with E-state index in [4.69, 9.17) is 0 Å². The monoisotopic (exact) mass is 403 g/mol. The SMILES string of the molecule is C=C1c2nccnc2C(CCC)=NN1Cc1nc2cc(C(F)(F)F)ccc2s1. The number of aromatic nitrogens is 3. The topological polar surface area (TPSA) is 54.3 Å². The largest absolute Gasteiger partial charge is 0.416 e. The van der Waals surface area contributed by atoms with E-state index in [1.165, 1.54) is 17.4 Å². The van der Waals surface area contributed by atoms with Crippen molar-refractivity contribution in [2.45, 2.75) is 32.5 Å². The van der Waals surface area contributed by atoms with E-state index in [1.807, 2.05) is 0 Å². The van der Waals surface area contributed by atoms with Crippen LogP contribution < -0.4 is 0 Å². The Morgan fingerprint density at radius 3 is 2.61 bits per heavy atom. The van der Waals surface area contributed by atoms with Crippen molar-refractivity contribution < 1.29 is 13.2 Å². The summed E-state index contributed by atoms with van der Waals surface area (Å²) in [6, 6.07) is 3.61. The number of nitrogens with zero attached hydrogens (tertiary/aromatic N) is 5. The third kappa shape index (κ3) is 3.37. The van der Waals surface area contributed by atoms with Crippen LogP contribution in [-0.4, -0.2) is 25.7 Å². The van der Waals surface area contributed by atoms with Gasteiger partial charge in [0.05, 0.1) is 33.7 Å². The van der Waals surface area contributed by atoms with Crippen LogP contribution in [-0.2, 0) is 12.7 Å². The van der Waals surface area contributed by atoms with Gasteiger partial charge >= 0.3 is 6.18 Å². The summed E-state index contributed by atoms with van der Waals surface area (Å²) in [6.45, 7) is 6.43. The Hall–Kier alpha value is -2.81. The van der Waals surface area contributed by atoms with E-state index in [0.717, 1.165) is 36.4 Å². The number of benzene rings is 1. The first-order valence-electron chi connectivity index (χ1n) is 8.69. The lowest BCUT2D eigenvalue weighted by Gasteiger charge is -2.27. The molecule has 0 unspecified atom stereocenters. The van der Waals surface area contributed by atoms with Crippen LogP contribution in [0.5, 0.6) is 0 Å². The summed E-state index contributed by atoms with van der Waals surface area (Å²) < 4.78 is 39.5. The molecule has 1 aromatic carbocycles. The molecule has 0 saturated heterocycles. The zero-order chi connectivity index (χ0) is 19.9. The van der Waals surface area contributed by atoms with Gasteiger partial charge < -0.3 is 0 Å². The van der Waals surface area contributed by atoms with Crippen LogP contribution in [0.4, 0.5) is 13.2 Å². The fraction of sp³-hybridized carbons (Fsp3) is 0.263. The molecule has 0 radical (unpaired) electrons. The lowest BCUT2D eigenvalue weighted by molar-refractivity contribution is -0.137. The Morgan fingerprint density at radius 2 is 1.89 bits per heavy atom. The first kappa shape index (κ1) is 18.5. The van der Waals surface area contributed by atoms with Crippen molar-refractivity contribution in [3.05, 3.63) is 59.1 Å². The van der Waals surface area contributed by atoms with Crippen molar-refractivity contribution in [1.29, 1.82) is 0 Å². The Kier molecular flexibility index (Phi) is 4.62. The second-order valence-corrected chi connectivity index (χ2v) is 7.46. The van der Waals surface area contributed by atoms with E-state index >= 15 is 0 Å². The van der Waals surface area contributed by atoms with Crippen molar-refractivity contribution in [3.8, 4) is 0 Å². The van der Waals surface area contributed by atoms with Gasteiger partial charge in [0.25, 0.3) is 0 Å². The number of rotatable bonds is 4. The lowest BCUT2D eigenvalue weighted by Crippen LogP contribution is -2.26. The summed E-state index contributed by atoms with van der Waals surface area (Å²) in [6.07, 6.45) is 0.480. The van der Waals surface area contributed by atoms with E-state index in [0.29, 0.717) is 33.2 Å². The molecule has 144 valence electrons. The van der Waals surface area contributed by atoms with Gasteiger partial charge in [0, 0.05) is 12.4 Å². The second kappa shape index (κ2) is 6.97. The van der Waals surface area contributed by atoms with Crippen LogP contribution in [0, 0.1) is 0 Å². The van der Waals surface area contributed by atoms with Crippen LogP contribution in [0.1, 0.15) is 41.7 Å². The molecule has 0 saturated carbocycles. The molecule has 0 fully saturated rings. The Labute approximate surface area is 163 Å². The van der Waals surface area contributed by atoms with E-state index in [-0.39, 0.29) is 0 Å². The Morgan fingerprint density at radius 1 is 1.14 bits per heavy atom. The number of hydrazone groups is 1. The quantitative estimate of drug-likeness (QED) is 0.609. The van der Waals surface area contributed by atoms with Gasteiger partial charge in [-0.2, -0.15) is 18.3 Å². The fourth-order valence-corrected chi connectivity index (χ4v) is 3.95. The zero-order valence-corrected chi connectivity index (χ0v) is 15.8. The van der Waals surface area contributed by atoms with Crippen molar-refractivity contribution in [3.63, 3.8) is 0 Å². The highest BCUT2D eigenvalue weighted by atomic mass is 32.1. The van der Waals surface area contributed by atoms with Crippen molar-refractivity contribution in [2.24, 2.45) is 5.10 Å². The first-order chi connectivity index (χ1) is 13.4. The minimum atomic E-state index is -4.39. The second-order valence-electron chi connectivity index (χ2n) is 6.34. The summed E-state index contributed by atoms with van der Waals surface area (Å²) >= 11 is 1.34. The van der Waals surface area contributed by atoms with Gasteiger partial charge in [-0.15, -0.1) is 11.3 Å². The molecule has 1 aliphatic heterocycles. The van der Waals surface area contributed by atoms with Crippen molar-refractivity contribution in [2.75, 3.05) is 0 Å². The first-order valence-corrected chi connectivity index (χ1v) is 9.51. The number of alkyl halides is 3. The standard InChI is InChI=1S/C19H16F3N5S/c1-3-4-13-18-17(23-7-8-24-18)11(2)27(26-13)10-16-25-14-9-12(19(20,21)22)5-6-15(14)28-16/h5-9H,2-4,10H2,1H3. The molecule has 0 aliphatic carbocycles. The van der Waals surface area contributed by atoms with Gasteiger partial charge in [-0.3, -0.25) is 15.0 Å². The summed E-state index contributed by atoms with van der Waals surface area (Å²) in [5, 5.41) is 7.00. The third-order valence-electron chi connectivity index (χ3n) is 4.33. The van der Waals surface area contributed by atoms with E-state index in [1.54, 1.807) is 17.4 Å². The molecule has 0 amide bonds. The van der Waals surface area contributed by atoms with Crippen LogP contribution in [0.25, 0.3) is 15.9 Å². The molecule has 2 aromatic heterocycles. The van der Waals surface area contributed by atoms with Gasteiger partial charge in [0.1, 0.15) is 16.4 Å². The number of thiazole rings is 1. The Balaban J connectivity index is 1.67. The maximum absolute atomic E-state index is 12.9. The molecule has 3 heterocycles. The number of hydrogen-bond donors (Lipinski definition) is 0. The molecule has 28 heavy (non-hydrogen) atoms. The van der Waals surface area contributed by atoms with Gasteiger partial charge in [-0.05, 0) is 24.6 Å². The predicted octanol–water partition coefficient (Wildman–Crippen LogP) is 5.10. The molecule has 0 spiro atoms. The van der Waals surface area contributed by atoms with Crippen molar-refractivity contribution in [1.82, 2.24) is 20.0 Å². The minimum Gasteiger partial charge on any atom is -0.257 e. The molecular weight excluding hydrogens is 387 g/mol. The van der Waals surface area contributed by atoms with Gasteiger partial charge in [-0.1, -0.05) is 19.9 Å². The third-order valence-corrected chi connectivity index (χ3v) is 5.35. The molecule has 1 aliphatic rings. The van der Waals surface area contributed by atoms with Gasteiger partial charge in [0.2, 0.25) is 0 Å². The molecule has 5 nitrogen and oxygen atoms in total. The van der Waals surface area contributed by atoms with Gasteiger partial charge in [0.15, 0.2) is 0 Å². The predicted molar refractivity (Wildman–Crippen MR) is 103 cm³/mol. The van der Waals surface area contributed by atoms with Crippen LogP contribution in [0.3, 0.4) is 0 Å². The normalized spacial score (nSPS) is 14.4. The van der Waals surface area contributed by atoms with E-state index in [9.17, 15) is 13.2 Å². The average Bonchev–Trinajstić information content (AvgIpc) is 3.06. The summed E-state index contributed by atoms with van der Waals surface area (Å²) in [7, 11) is 0. The molecule has 0 bridgehead atoms. The molecule has 0 atom stereocenters. The van der Waals surface area contributed by atoms with Crippen LogP contribution in [0.2, 0.25) is 0 Å². The molecule has 0 N–H and O–H groups in total. The molecule has 4 rings (SSSR count). The summed E-state index contributed by atoms with van der Waals surface area (Å²) in [5.74, 6) is 0. The summed E-state index contributed by atoms with van der Waals surface area (Å²) in [5.41, 5.74) is 2.44. The van der Waals surface area contributed by atoms with E-state index < -0.39 is 11.7 Å². The molecule has 9 heteroatoms. The molecular formula is C19H16F3N5S. The van der Waals surface area contributed by atoms with Crippen molar-refractivity contribution >= 4 is 33.0 Å². The average molecular weight is 403 g/mol. The van der Waals surface area contributed by atoms with E-state index in [2.05, 4.69) is 33.6 Å². The summed E-state index contributed by atoms with van der Waals surface area (Å²) in [4.78, 5) is 13.1. The van der Waals surface area contributed by atoms with Crippen LogP contribution >= 0.6 is 11.3 Å². The maximum Gasteiger partial charge on any atom is 0.416 e. The number of hydrogen-bond acceptors (Lipinski definition) is 6. The fourth-order valence-electron chi connectivity index (χ4n) is 3.02. The number of halogens is 3. The van der Waals surface area contributed by atoms with Crippen LogP contribution in [0.15, 0.2) is 42.3 Å². The smallest absolute Gasteiger partial charge is 0.257 e. The number of fused-ring (bicyclic) bond motifs is 2. The van der Waals surface area contributed by atoms with Gasteiger partial charge in [-0.25, -0.2) is 4.98 Å². The molecule has 3 aromatic rings. The highest BCUT2D eigenvalue weighted by Gasteiger charge is 2.31. The minimum absolute atomic E-state index is 0.308. The zero-order valence-electron chi connectivity index (χ0n) is 15.0. The maximum atomic E-state index is 12.9. The highest BCUT2D eigenvalue weighted by molar-refractivity contribution is 7.18. The lowest BCUT2D eigenvalue weighted by atomic mass is 10.1. The Bertz CT molecular complexity index is 1090. The highest BCUT2D eigenvalue weighted by Crippen LogP contribution is 2.34.